The molecule has 1 aliphatic rings. The van der Waals surface area contributed by atoms with Crippen molar-refractivity contribution in [2.45, 2.75) is 16.6 Å². The molecule has 1 heterocycles. The summed E-state index contributed by atoms with van der Waals surface area (Å²) in [6.07, 6.45) is -0.209. The largest absolute Gasteiger partial charge is 0.324 e. The van der Waals surface area contributed by atoms with Crippen molar-refractivity contribution in [2.75, 3.05) is 10.6 Å². The van der Waals surface area contributed by atoms with Crippen molar-refractivity contribution in [2.24, 2.45) is 0 Å². The van der Waals surface area contributed by atoms with Gasteiger partial charge in [0.25, 0.3) is 11.4 Å². The highest BCUT2D eigenvalue weighted by molar-refractivity contribution is 8.01. The molecule has 11 heteroatoms. The third kappa shape index (κ3) is 4.03. The van der Waals surface area contributed by atoms with E-state index in [2.05, 4.69) is 10.6 Å². The van der Waals surface area contributed by atoms with Gasteiger partial charge in [0.1, 0.15) is 5.69 Å². The van der Waals surface area contributed by atoms with Crippen LogP contribution in [0.3, 0.4) is 0 Å². The number of hydrogen-bond acceptors (Lipinski definition) is 7. The zero-order valence-corrected chi connectivity index (χ0v) is 14.4. The van der Waals surface area contributed by atoms with Crippen LogP contribution in [0, 0.1) is 20.2 Å². The van der Waals surface area contributed by atoms with E-state index in [4.69, 9.17) is 0 Å². The lowest BCUT2D eigenvalue weighted by molar-refractivity contribution is -0.393. The fourth-order valence-electron chi connectivity index (χ4n) is 2.49. The van der Waals surface area contributed by atoms with Crippen LogP contribution >= 0.6 is 11.8 Å². The molecule has 0 saturated carbocycles. The first-order valence-corrected chi connectivity index (χ1v) is 8.52. The maximum absolute atomic E-state index is 12.3. The number of para-hydroxylation sites is 1. The lowest BCUT2D eigenvalue weighted by Gasteiger charge is -2.23. The topological polar surface area (TPSA) is 144 Å². The van der Waals surface area contributed by atoms with Crippen LogP contribution in [0.4, 0.5) is 22.7 Å². The number of anilines is 2. The highest BCUT2D eigenvalue weighted by atomic mass is 32.2. The van der Waals surface area contributed by atoms with Gasteiger partial charge in [-0.15, -0.1) is 11.8 Å². The van der Waals surface area contributed by atoms with E-state index in [1.54, 1.807) is 18.2 Å². The molecule has 2 aromatic rings. The molecule has 27 heavy (non-hydrogen) atoms. The Kier molecular flexibility index (Phi) is 5.03. The first kappa shape index (κ1) is 18.3. The monoisotopic (exact) mass is 388 g/mol. The highest BCUT2D eigenvalue weighted by Gasteiger charge is 2.29. The smallest absolute Gasteiger partial charge is 0.299 e. The van der Waals surface area contributed by atoms with E-state index >= 15 is 0 Å². The maximum Gasteiger partial charge on any atom is 0.299 e. The molecule has 0 saturated heterocycles. The zero-order chi connectivity index (χ0) is 19.6. The van der Waals surface area contributed by atoms with E-state index in [9.17, 15) is 29.8 Å². The molecule has 0 radical (unpaired) electrons. The molecule has 2 aromatic carbocycles. The lowest BCUT2D eigenvalue weighted by atomic mass is 10.2. The van der Waals surface area contributed by atoms with Gasteiger partial charge >= 0.3 is 0 Å². The SMILES string of the molecule is O=C(C[C@@H]1Sc2ccccc2NC1=O)Nc1ccc([N+](=O)[O-])cc1[N+](=O)[O-]. The average Bonchev–Trinajstić information content (AvgIpc) is 2.62. The lowest BCUT2D eigenvalue weighted by Crippen LogP contribution is -2.32. The second kappa shape index (κ2) is 7.41. The van der Waals surface area contributed by atoms with Crippen LogP contribution in [-0.4, -0.2) is 26.9 Å². The minimum Gasteiger partial charge on any atom is -0.324 e. The molecule has 0 bridgehead atoms. The van der Waals surface area contributed by atoms with Gasteiger partial charge in [-0.25, -0.2) is 0 Å². The van der Waals surface area contributed by atoms with Crippen LogP contribution in [0.25, 0.3) is 0 Å². The first-order valence-electron chi connectivity index (χ1n) is 7.64. The average molecular weight is 388 g/mol. The summed E-state index contributed by atoms with van der Waals surface area (Å²) in [6.45, 7) is 0. The van der Waals surface area contributed by atoms with Gasteiger partial charge in [-0.2, -0.15) is 0 Å². The zero-order valence-electron chi connectivity index (χ0n) is 13.6. The molecule has 2 N–H and O–H groups in total. The van der Waals surface area contributed by atoms with Crippen molar-refractivity contribution in [1.82, 2.24) is 0 Å². The number of carbonyl (C=O) groups is 2. The van der Waals surface area contributed by atoms with Gasteiger partial charge in [0, 0.05) is 17.4 Å². The summed E-state index contributed by atoms with van der Waals surface area (Å²) < 4.78 is 0. The number of non-ortho nitro benzene ring substituents is 1. The van der Waals surface area contributed by atoms with Crippen molar-refractivity contribution in [3.63, 3.8) is 0 Å². The Bertz CT molecular complexity index is 964. The Morgan fingerprint density at radius 1 is 1.15 bits per heavy atom. The number of nitro groups is 2. The second-order valence-electron chi connectivity index (χ2n) is 5.56. The van der Waals surface area contributed by atoms with Gasteiger partial charge in [0.2, 0.25) is 11.8 Å². The fraction of sp³-hybridized carbons (Fsp3) is 0.125. The summed E-state index contributed by atoms with van der Waals surface area (Å²) in [6, 6.07) is 10.1. The molecule has 10 nitrogen and oxygen atoms in total. The quantitative estimate of drug-likeness (QED) is 0.591. The van der Waals surface area contributed by atoms with Crippen molar-refractivity contribution >= 4 is 46.3 Å². The first-order chi connectivity index (χ1) is 12.8. The summed E-state index contributed by atoms with van der Waals surface area (Å²) >= 11 is 1.22. The van der Waals surface area contributed by atoms with Crippen molar-refractivity contribution in [1.29, 1.82) is 0 Å². The molecular weight excluding hydrogens is 376 g/mol. The summed E-state index contributed by atoms with van der Waals surface area (Å²) in [5.74, 6) is -0.953. The van der Waals surface area contributed by atoms with E-state index in [0.717, 1.165) is 23.1 Å². The van der Waals surface area contributed by atoms with E-state index in [-0.39, 0.29) is 18.0 Å². The predicted octanol–water partition coefficient (Wildman–Crippen LogP) is 2.94. The molecule has 3 rings (SSSR count). The number of thioether (sulfide) groups is 1. The van der Waals surface area contributed by atoms with Crippen LogP contribution in [0.15, 0.2) is 47.4 Å². The van der Waals surface area contributed by atoms with Gasteiger partial charge in [0.05, 0.1) is 26.9 Å². The minimum absolute atomic E-state index is 0.169. The number of nitrogens with zero attached hydrogens (tertiary/aromatic N) is 2. The molecule has 0 spiro atoms. The normalized spacial score (nSPS) is 15.4. The molecule has 0 fully saturated rings. The summed E-state index contributed by atoms with van der Waals surface area (Å²) in [5.41, 5.74) is -0.561. The number of carbonyl (C=O) groups excluding carboxylic acids is 2. The number of nitro benzene ring substituents is 2. The van der Waals surface area contributed by atoms with Crippen LogP contribution in [0.5, 0.6) is 0 Å². The number of rotatable bonds is 5. The number of nitrogens with one attached hydrogen (secondary N) is 2. The van der Waals surface area contributed by atoms with E-state index < -0.39 is 32.4 Å². The van der Waals surface area contributed by atoms with E-state index in [1.807, 2.05) is 6.07 Å². The predicted molar refractivity (Wildman–Crippen MR) is 97.7 cm³/mol. The van der Waals surface area contributed by atoms with Crippen molar-refractivity contribution in [3.05, 3.63) is 62.7 Å². The van der Waals surface area contributed by atoms with Crippen LogP contribution < -0.4 is 10.6 Å². The Morgan fingerprint density at radius 2 is 1.89 bits per heavy atom. The van der Waals surface area contributed by atoms with Gasteiger partial charge in [0.15, 0.2) is 0 Å². The van der Waals surface area contributed by atoms with Crippen LogP contribution in [0.1, 0.15) is 6.42 Å². The second-order valence-corrected chi connectivity index (χ2v) is 6.80. The van der Waals surface area contributed by atoms with Gasteiger partial charge < -0.3 is 10.6 Å². The molecule has 138 valence electrons. The Hall–Kier alpha value is -3.47. The summed E-state index contributed by atoms with van der Waals surface area (Å²) in [7, 11) is 0. The number of benzene rings is 2. The maximum atomic E-state index is 12.3. The molecule has 0 unspecified atom stereocenters. The molecule has 2 amide bonds. The highest BCUT2D eigenvalue weighted by Crippen LogP contribution is 2.37. The number of fused-ring (bicyclic) bond motifs is 1. The van der Waals surface area contributed by atoms with Gasteiger partial charge in [-0.3, -0.25) is 29.8 Å². The van der Waals surface area contributed by atoms with E-state index in [0.29, 0.717) is 5.69 Å². The van der Waals surface area contributed by atoms with Gasteiger partial charge in [-0.1, -0.05) is 12.1 Å². The molecule has 0 aliphatic carbocycles. The van der Waals surface area contributed by atoms with Crippen LogP contribution in [-0.2, 0) is 9.59 Å². The number of amides is 2. The Morgan fingerprint density at radius 3 is 2.59 bits per heavy atom. The van der Waals surface area contributed by atoms with Gasteiger partial charge in [-0.05, 0) is 18.2 Å². The Balaban J connectivity index is 1.74. The molecule has 1 aliphatic heterocycles. The third-order valence-corrected chi connectivity index (χ3v) is 5.02. The minimum atomic E-state index is -0.819. The molecule has 0 aromatic heterocycles. The van der Waals surface area contributed by atoms with Crippen LogP contribution in [0.2, 0.25) is 0 Å². The summed E-state index contributed by atoms with van der Waals surface area (Å²) in [4.78, 5) is 45.5. The fourth-order valence-corrected chi connectivity index (χ4v) is 3.60. The molecule has 1 atom stereocenters. The third-order valence-electron chi connectivity index (χ3n) is 3.74. The number of hydrogen-bond donors (Lipinski definition) is 2. The van der Waals surface area contributed by atoms with Crippen molar-refractivity contribution < 1.29 is 19.4 Å². The Labute approximate surface area is 156 Å². The van der Waals surface area contributed by atoms with Crippen molar-refractivity contribution in [3.8, 4) is 0 Å². The van der Waals surface area contributed by atoms with E-state index in [1.165, 1.54) is 11.8 Å². The standard InChI is InChI=1S/C16H12N4O6S/c21-15(8-14-16(22)18-11-3-1-2-4-13(11)27-14)17-10-6-5-9(19(23)24)7-12(10)20(25)26/h1-7,14H,8H2,(H,17,21)(H,18,22)/t14-/m0/s1. The molecular formula is C16H12N4O6S. The summed E-state index contributed by atoms with van der Waals surface area (Å²) in [5, 5.41) is 26.2.